The molecule has 1 atom stereocenters. The molecule has 1 aliphatic heterocycles. The van der Waals surface area contributed by atoms with Crippen molar-refractivity contribution >= 4 is 12.2 Å². The summed E-state index contributed by atoms with van der Waals surface area (Å²) < 4.78 is 10.7. The van der Waals surface area contributed by atoms with E-state index in [1.165, 1.54) is 9.80 Å². The summed E-state index contributed by atoms with van der Waals surface area (Å²) in [6.45, 7) is 11.5. The van der Waals surface area contributed by atoms with Gasteiger partial charge in [0.25, 0.3) is 0 Å². The molecule has 1 rings (SSSR count). The molecule has 0 aromatic rings. The highest BCUT2D eigenvalue weighted by atomic mass is 16.6. The highest BCUT2D eigenvalue weighted by Crippen LogP contribution is 2.24. The van der Waals surface area contributed by atoms with Crippen LogP contribution in [0.3, 0.4) is 0 Å². The van der Waals surface area contributed by atoms with Gasteiger partial charge in [0, 0.05) is 13.6 Å². The Morgan fingerprint density at radius 1 is 1.12 bits per heavy atom. The Bertz CT molecular complexity index is 463. The maximum atomic E-state index is 12.2. The van der Waals surface area contributed by atoms with Gasteiger partial charge in [0.2, 0.25) is 0 Å². The highest BCUT2D eigenvalue weighted by Gasteiger charge is 2.39. The van der Waals surface area contributed by atoms with Crippen LogP contribution >= 0.6 is 0 Å². The summed E-state index contributed by atoms with van der Waals surface area (Å²) in [5, 5.41) is 10.8. The number of carbonyl (C=O) groups excluding carboxylic acids is 2. The molecule has 0 radical (unpaired) electrons. The van der Waals surface area contributed by atoms with Crippen LogP contribution in [0.5, 0.6) is 0 Å². The molecule has 1 fully saturated rings. The SMILES string of the molecule is CN(CC1(O)CCCN(C(=O)OC(C)(C)C)C1)C(=O)OC(C)(C)C. The summed E-state index contributed by atoms with van der Waals surface area (Å²) in [4.78, 5) is 27.1. The van der Waals surface area contributed by atoms with Gasteiger partial charge < -0.3 is 24.4 Å². The van der Waals surface area contributed by atoms with Gasteiger partial charge in [0.15, 0.2) is 0 Å². The van der Waals surface area contributed by atoms with E-state index in [1.54, 1.807) is 48.6 Å². The first-order chi connectivity index (χ1) is 10.7. The van der Waals surface area contributed by atoms with Crippen molar-refractivity contribution in [3.05, 3.63) is 0 Å². The molecule has 0 aromatic carbocycles. The Balaban J connectivity index is 2.67. The van der Waals surface area contributed by atoms with E-state index in [0.717, 1.165) is 0 Å². The Morgan fingerprint density at radius 2 is 1.67 bits per heavy atom. The molecule has 0 bridgehead atoms. The third-order valence-corrected chi connectivity index (χ3v) is 3.44. The fourth-order valence-electron chi connectivity index (χ4n) is 2.57. The smallest absolute Gasteiger partial charge is 0.410 e. The Morgan fingerprint density at radius 3 is 2.17 bits per heavy atom. The molecule has 0 aliphatic carbocycles. The van der Waals surface area contributed by atoms with Gasteiger partial charge in [-0.15, -0.1) is 0 Å². The van der Waals surface area contributed by atoms with E-state index in [4.69, 9.17) is 9.47 Å². The zero-order chi connectivity index (χ0) is 18.8. The van der Waals surface area contributed by atoms with Gasteiger partial charge >= 0.3 is 12.2 Å². The fraction of sp³-hybridized carbons (Fsp3) is 0.882. The van der Waals surface area contributed by atoms with Crippen LogP contribution in [0.2, 0.25) is 0 Å². The largest absolute Gasteiger partial charge is 0.444 e. The number of hydrogen-bond donors (Lipinski definition) is 1. The third kappa shape index (κ3) is 6.95. The molecule has 24 heavy (non-hydrogen) atoms. The molecular formula is C17H32N2O5. The van der Waals surface area contributed by atoms with E-state index in [2.05, 4.69) is 0 Å². The van der Waals surface area contributed by atoms with Crippen molar-refractivity contribution in [2.45, 2.75) is 71.2 Å². The molecule has 0 spiro atoms. The van der Waals surface area contributed by atoms with Crippen molar-refractivity contribution in [1.82, 2.24) is 9.80 Å². The van der Waals surface area contributed by atoms with E-state index in [9.17, 15) is 14.7 Å². The van der Waals surface area contributed by atoms with Crippen LogP contribution < -0.4 is 0 Å². The predicted molar refractivity (Wildman–Crippen MR) is 90.9 cm³/mol. The number of likely N-dealkylation sites (N-methyl/N-ethyl adjacent to an activating group) is 1. The second-order valence-electron chi connectivity index (χ2n) is 8.57. The van der Waals surface area contributed by atoms with Crippen LogP contribution in [0.25, 0.3) is 0 Å². The van der Waals surface area contributed by atoms with Crippen LogP contribution in [0.1, 0.15) is 54.4 Å². The number of rotatable bonds is 2. The molecule has 7 heteroatoms. The highest BCUT2D eigenvalue weighted by molar-refractivity contribution is 5.69. The van der Waals surface area contributed by atoms with Gasteiger partial charge in [-0.3, -0.25) is 0 Å². The Hall–Kier alpha value is -1.50. The number of aliphatic hydroxyl groups is 1. The number of likely N-dealkylation sites (tertiary alicyclic amines) is 1. The first kappa shape index (κ1) is 20.5. The average molecular weight is 344 g/mol. The molecule has 1 aliphatic rings. The van der Waals surface area contributed by atoms with Crippen molar-refractivity contribution in [1.29, 1.82) is 0 Å². The zero-order valence-electron chi connectivity index (χ0n) is 16.0. The molecule has 0 aromatic heterocycles. The maximum absolute atomic E-state index is 12.2. The monoisotopic (exact) mass is 344 g/mol. The summed E-state index contributed by atoms with van der Waals surface area (Å²) >= 11 is 0. The summed E-state index contributed by atoms with van der Waals surface area (Å²) in [6, 6.07) is 0. The predicted octanol–water partition coefficient (Wildman–Crippen LogP) is 2.62. The second kappa shape index (κ2) is 7.17. The summed E-state index contributed by atoms with van der Waals surface area (Å²) in [6.07, 6.45) is 0.225. The lowest BCUT2D eigenvalue weighted by Crippen LogP contribution is -2.56. The lowest BCUT2D eigenvalue weighted by atomic mass is 9.92. The molecule has 7 nitrogen and oxygen atoms in total. The molecule has 2 amide bonds. The molecule has 1 N–H and O–H groups in total. The zero-order valence-corrected chi connectivity index (χ0v) is 16.0. The maximum Gasteiger partial charge on any atom is 0.410 e. The summed E-state index contributed by atoms with van der Waals surface area (Å²) in [5.41, 5.74) is -2.34. The number of hydrogen-bond acceptors (Lipinski definition) is 5. The van der Waals surface area contributed by atoms with E-state index >= 15 is 0 Å². The normalized spacial score (nSPS) is 22.1. The molecule has 1 heterocycles. The third-order valence-electron chi connectivity index (χ3n) is 3.44. The number of amides is 2. The van der Waals surface area contributed by atoms with Crippen LogP contribution in [-0.4, -0.2) is 70.6 Å². The summed E-state index contributed by atoms with van der Waals surface area (Å²) in [5.74, 6) is 0. The quantitative estimate of drug-likeness (QED) is 0.833. The van der Waals surface area contributed by atoms with Crippen LogP contribution in [-0.2, 0) is 9.47 Å². The molecule has 140 valence electrons. The van der Waals surface area contributed by atoms with E-state index in [0.29, 0.717) is 19.4 Å². The van der Waals surface area contributed by atoms with Crippen LogP contribution in [0, 0.1) is 0 Å². The first-order valence-corrected chi connectivity index (χ1v) is 8.35. The number of carbonyl (C=O) groups is 2. The lowest BCUT2D eigenvalue weighted by molar-refractivity contribution is -0.0589. The molecular weight excluding hydrogens is 312 g/mol. The number of nitrogens with zero attached hydrogens (tertiary/aromatic N) is 2. The van der Waals surface area contributed by atoms with Gasteiger partial charge in [-0.2, -0.15) is 0 Å². The second-order valence-corrected chi connectivity index (χ2v) is 8.57. The van der Waals surface area contributed by atoms with Gasteiger partial charge in [-0.05, 0) is 54.4 Å². The number of ether oxygens (including phenoxy) is 2. The van der Waals surface area contributed by atoms with Crippen molar-refractivity contribution in [3.63, 3.8) is 0 Å². The van der Waals surface area contributed by atoms with Gasteiger partial charge in [0.1, 0.15) is 16.8 Å². The lowest BCUT2D eigenvalue weighted by Gasteiger charge is -2.41. The van der Waals surface area contributed by atoms with Crippen LogP contribution in [0.15, 0.2) is 0 Å². The van der Waals surface area contributed by atoms with Crippen molar-refractivity contribution in [3.8, 4) is 0 Å². The fourth-order valence-corrected chi connectivity index (χ4v) is 2.57. The van der Waals surface area contributed by atoms with E-state index in [-0.39, 0.29) is 13.1 Å². The first-order valence-electron chi connectivity index (χ1n) is 8.35. The van der Waals surface area contributed by atoms with E-state index < -0.39 is 29.0 Å². The van der Waals surface area contributed by atoms with Gasteiger partial charge in [-0.25, -0.2) is 9.59 Å². The van der Waals surface area contributed by atoms with Gasteiger partial charge in [-0.1, -0.05) is 0 Å². The minimum atomic E-state index is -1.17. The average Bonchev–Trinajstić information content (AvgIpc) is 2.34. The Kier molecular flexibility index (Phi) is 6.14. The topological polar surface area (TPSA) is 79.3 Å². The van der Waals surface area contributed by atoms with E-state index in [1.807, 2.05) is 0 Å². The van der Waals surface area contributed by atoms with Crippen molar-refractivity contribution in [2.24, 2.45) is 0 Å². The standard InChI is InChI=1S/C17H32N2O5/c1-15(2,3)23-13(20)18(7)11-17(22)9-8-10-19(12-17)14(21)24-16(4,5)6/h22H,8-12H2,1-7H3. The number of piperidine rings is 1. The minimum Gasteiger partial charge on any atom is -0.444 e. The van der Waals surface area contributed by atoms with Crippen molar-refractivity contribution < 1.29 is 24.2 Å². The van der Waals surface area contributed by atoms with Crippen molar-refractivity contribution in [2.75, 3.05) is 26.7 Å². The number of β-amino-alcohol motifs (C(OH)–C–C–N with tert-alkyl or cyclic N) is 1. The molecule has 0 saturated carbocycles. The minimum absolute atomic E-state index is 0.0984. The van der Waals surface area contributed by atoms with Gasteiger partial charge in [0.05, 0.1) is 13.1 Å². The molecule has 1 saturated heterocycles. The van der Waals surface area contributed by atoms with Crippen LogP contribution in [0.4, 0.5) is 9.59 Å². The summed E-state index contributed by atoms with van der Waals surface area (Å²) in [7, 11) is 1.58. The Labute approximate surface area is 144 Å². The molecule has 1 unspecified atom stereocenters.